The van der Waals surface area contributed by atoms with Crippen LogP contribution in [0.1, 0.15) is 25.7 Å². The van der Waals surface area contributed by atoms with E-state index in [1.165, 1.54) is 12.8 Å². The molecule has 0 saturated carbocycles. The molecular weight excluding hydrogens is 323 g/mol. The summed E-state index contributed by atoms with van der Waals surface area (Å²) in [6.07, 6.45) is 3.22. The zero-order valence-corrected chi connectivity index (χ0v) is 13.5. The Morgan fingerprint density at radius 1 is 1.14 bits per heavy atom. The number of amides is 1. The molecule has 3 aliphatic rings. The molecule has 3 heterocycles. The molecule has 1 N–H and O–H groups in total. The molecule has 0 aromatic carbocycles. The molecule has 0 aromatic heterocycles. The number of carbonyl (C=O) groups excluding carboxylic acids is 1. The first kappa shape index (κ1) is 18.9. The topological polar surface area (TPSA) is 35.6 Å². The highest BCUT2D eigenvalue weighted by atomic mass is 35.5. The van der Waals surface area contributed by atoms with E-state index in [0.29, 0.717) is 19.1 Å². The van der Waals surface area contributed by atoms with E-state index in [1.54, 1.807) is 4.90 Å². The molecule has 0 spiro atoms. The number of nitrogens with one attached hydrogen (secondary N) is 1. The number of nitrogens with zero attached hydrogens (tertiary/aromatic N) is 2. The second-order valence-corrected chi connectivity index (χ2v) is 5.96. The second-order valence-electron chi connectivity index (χ2n) is 5.96. The molecule has 4 nitrogen and oxygen atoms in total. The van der Waals surface area contributed by atoms with Crippen LogP contribution < -0.4 is 5.32 Å². The van der Waals surface area contributed by atoms with Crippen LogP contribution in [0.5, 0.6) is 0 Å². The van der Waals surface area contributed by atoms with Crippen LogP contribution in [0, 0.1) is 0 Å². The van der Waals surface area contributed by atoms with Crippen molar-refractivity contribution in [2.75, 3.05) is 32.7 Å². The molecule has 124 valence electrons. The molecule has 2 atom stereocenters. The fourth-order valence-electron chi connectivity index (χ4n) is 3.47. The van der Waals surface area contributed by atoms with Crippen LogP contribution in [0.25, 0.3) is 0 Å². The average molecular weight is 346 g/mol. The lowest BCUT2D eigenvalue weighted by atomic mass is 9.99. The maximum Gasteiger partial charge on any atom is 0.262 e. The van der Waals surface area contributed by atoms with E-state index < -0.39 is 12.0 Å². The van der Waals surface area contributed by atoms with Crippen LogP contribution in [-0.4, -0.2) is 66.4 Å². The molecule has 1 amide bonds. The Bertz CT molecular complexity index is 373. The fourth-order valence-corrected chi connectivity index (χ4v) is 3.47. The summed E-state index contributed by atoms with van der Waals surface area (Å²) in [5.41, 5.74) is 0. The third-order valence-electron chi connectivity index (χ3n) is 4.56. The Balaban J connectivity index is 0.00000110. The van der Waals surface area contributed by atoms with Crippen molar-refractivity contribution < 1.29 is 13.6 Å². The molecule has 21 heavy (non-hydrogen) atoms. The van der Waals surface area contributed by atoms with Crippen molar-refractivity contribution in [3.05, 3.63) is 0 Å². The maximum atomic E-state index is 13.1. The largest absolute Gasteiger partial charge is 0.338 e. The van der Waals surface area contributed by atoms with Gasteiger partial charge in [0.1, 0.15) is 0 Å². The van der Waals surface area contributed by atoms with Crippen molar-refractivity contribution >= 4 is 30.7 Å². The molecular formula is C13H23Cl2F2N3O. The summed E-state index contributed by atoms with van der Waals surface area (Å²) >= 11 is 0. The Hall–Kier alpha value is -0.170. The predicted octanol–water partition coefficient (Wildman–Crippen LogP) is 1.52. The number of alkyl halides is 2. The van der Waals surface area contributed by atoms with E-state index in [0.717, 1.165) is 19.5 Å². The number of hydrogen-bond donors (Lipinski definition) is 1. The van der Waals surface area contributed by atoms with Gasteiger partial charge < -0.3 is 4.90 Å². The van der Waals surface area contributed by atoms with Gasteiger partial charge in [-0.25, -0.2) is 8.78 Å². The predicted molar refractivity (Wildman–Crippen MR) is 81.6 cm³/mol. The van der Waals surface area contributed by atoms with Gasteiger partial charge in [-0.15, -0.1) is 24.8 Å². The van der Waals surface area contributed by atoms with Crippen molar-refractivity contribution in [2.24, 2.45) is 0 Å². The number of rotatable bonds is 1. The second kappa shape index (κ2) is 7.40. The molecule has 3 saturated heterocycles. The van der Waals surface area contributed by atoms with E-state index in [4.69, 9.17) is 0 Å². The first-order valence-electron chi connectivity index (χ1n) is 7.19. The first-order chi connectivity index (χ1) is 9.05. The lowest BCUT2D eigenvalue weighted by molar-refractivity contribution is -0.137. The van der Waals surface area contributed by atoms with Gasteiger partial charge in [0, 0.05) is 32.1 Å². The minimum absolute atomic E-state index is 0. The third-order valence-corrected chi connectivity index (χ3v) is 4.56. The summed E-state index contributed by atoms with van der Waals surface area (Å²) in [6.45, 7) is 3.03. The van der Waals surface area contributed by atoms with Gasteiger partial charge in [-0.1, -0.05) is 6.42 Å². The molecule has 3 aliphatic heterocycles. The SMILES string of the molecule is Cl.Cl.O=C(C1CC(F)(F)CN1)N1CCN2CCCCC2C1. The van der Waals surface area contributed by atoms with Gasteiger partial charge in [-0.3, -0.25) is 15.0 Å². The van der Waals surface area contributed by atoms with E-state index in [2.05, 4.69) is 10.2 Å². The summed E-state index contributed by atoms with van der Waals surface area (Å²) in [5.74, 6) is -2.87. The van der Waals surface area contributed by atoms with Gasteiger partial charge >= 0.3 is 0 Å². The maximum absolute atomic E-state index is 13.1. The van der Waals surface area contributed by atoms with Gasteiger partial charge in [0.2, 0.25) is 5.91 Å². The molecule has 3 rings (SSSR count). The highest BCUT2D eigenvalue weighted by Crippen LogP contribution is 2.27. The summed E-state index contributed by atoms with van der Waals surface area (Å²) in [4.78, 5) is 16.5. The Labute approximate surface area is 136 Å². The fraction of sp³-hybridized carbons (Fsp3) is 0.923. The van der Waals surface area contributed by atoms with Crippen LogP contribution in [0.3, 0.4) is 0 Å². The lowest BCUT2D eigenvalue weighted by Gasteiger charge is -2.44. The van der Waals surface area contributed by atoms with Crippen molar-refractivity contribution in [1.29, 1.82) is 0 Å². The van der Waals surface area contributed by atoms with Gasteiger partial charge in [0.25, 0.3) is 5.92 Å². The van der Waals surface area contributed by atoms with Crippen LogP contribution in [0.15, 0.2) is 0 Å². The zero-order valence-electron chi connectivity index (χ0n) is 11.9. The van der Waals surface area contributed by atoms with Gasteiger partial charge in [-0.2, -0.15) is 0 Å². The Kier molecular flexibility index (Phi) is 6.65. The minimum Gasteiger partial charge on any atom is -0.338 e. The molecule has 0 bridgehead atoms. The van der Waals surface area contributed by atoms with Gasteiger partial charge in [-0.05, 0) is 19.4 Å². The van der Waals surface area contributed by atoms with Crippen molar-refractivity contribution in [3.63, 3.8) is 0 Å². The number of piperidine rings is 1. The monoisotopic (exact) mass is 345 g/mol. The quantitative estimate of drug-likeness (QED) is 0.782. The number of piperazine rings is 1. The highest BCUT2D eigenvalue weighted by molar-refractivity contribution is 5.85. The molecule has 0 aromatic rings. The van der Waals surface area contributed by atoms with Gasteiger partial charge in [0.05, 0.1) is 12.6 Å². The van der Waals surface area contributed by atoms with Crippen molar-refractivity contribution in [3.8, 4) is 0 Å². The minimum atomic E-state index is -2.73. The van der Waals surface area contributed by atoms with Crippen molar-refractivity contribution in [1.82, 2.24) is 15.1 Å². The van der Waals surface area contributed by atoms with E-state index in [1.807, 2.05) is 0 Å². The molecule has 8 heteroatoms. The summed E-state index contributed by atoms with van der Waals surface area (Å²) < 4.78 is 26.3. The van der Waals surface area contributed by atoms with Crippen LogP contribution >= 0.6 is 24.8 Å². The number of fused-ring (bicyclic) bond motifs is 1. The zero-order chi connectivity index (χ0) is 13.5. The van der Waals surface area contributed by atoms with Crippen LogP contribution in [0.2, 0.25) is 0 Å². The Morgan fingerprint density at radius 2 is 1.90 bits per heavy atom. The third kappa shape index (κ3) is 4.18. The smallest absolute Gasteiger partial charge is 0.262 e. The van der Waals surface area contributed by atoms with Crippen LogP contribution in [0.4, 0.5) is 8.78 Å². The lowest BCUT2D eigenvalue weighted by Crippen LogP contribution is -2.58. The van der Waals surface area contributed by atoms with Crippen molar-refractivity contribution in [2.45, 2.75) is 43.7 Å². The highest BCUT2D eigenvalue weighted by Gasteiger charge is 2.44. The van der Waals surface area contributed by atoms with E-state index in [9.17, 15) is 13.6 Å². The summed E-state index contributed by atoms with van der Waals surface area (Å²) in [6, 6.07) is -0.251. The number of hydrogen-bond acceptors (Lipinski definition) is 3. The molecule has 2 unspecified atom stereocenters. The number of carbonyl (C=O) groups is 1. The molecule has 0 radical (unpaired) electrons. The first-order valence-corrected chi connectivity index (χ1v) is 7.19. The number of halogens is 4. The average Bonchev–Trinajstić information content (AvgIpc) is 2.78. The molecule has 0 aliphatic carbocycles. The van der Waals surface area contributed by atoms with E-state index >= 15 is 0 Å². The normalized spacial score (nSPS) is 31.8. The standard InChI is InChI=1S/C13H21F2N3O.2ClH/c14-13(15)7-11(16-9-13)12(19)18-6-5-17-4-2-1-3-10(17)8-18;;/h10-11,16H,1-9H2;2*1H. The summed E-state index contributed by atoms with van der Waals surface area (Å²) in [7, 11) is 0. The molecule has 3 fully saturated rings. The van der Waals surface area contributed by atoms with E-state index in [-0.39, 0.29) is 43.7 Å². The summed E-state index contributed by atoms with van der Waals surface area (Å²) in [5, 5.41) is 2.66. The Morgan fingerprint density at radius 3 is 2.57 bits per heavy atom. The van der Waals surface area contributed by atoms with Gasteiger partial charge in [0.15, 0.2) is 0 Å². The van der Waals surface area contributed by atoms with Crippen LogP contribution in [-0.2, 0) is 4.79 Å².